The summed E-state index contributed by atoms with van der Waals surface area (Å²) in [5.74, 6) is 0. The van der Waals surface area contributed by atoms with Gasteiger partial charge in [0.1, 0.15) is 0 Å². The summed E-state index contributed by atoms with van der Waals surface area (Å²) in [6.45, 7) is 4.60. The van der Waals surface area contributed by atoms with Gasteiger partial charge in [0.2, 0.25) is 0 Å². The lowest BCUT2D eigenvalue weighted by Gasteiger charge is -2.52. The maximum absolute atomic E-state index is 6.17. The van der Waals surface area contributed by atoms with Crippen LogP contribution in [0.5, 0.6) is 0 Å². The number of rotatable bonds is 3. The molecule has 0 radical (unpaired) electrons. The van der Waals surface area contributed by atoms with Crippen molar-refractivity contribution in [3.05, 3.63) is 20.8 Å². The topological polar surface area (TPSA) is 21.3 Å². The lowest BCUT2D eigenvalue weighted by Crippen LogP contribution is -2.61. The normalized spacial score (nSPS) is 32.7. The second-order valence-corrected chi connectivity index (χ2v) is 8.14. The molecule has 2 nitrogen and oxygen atoms in total. The van der Waals surface area contributed by atoms with Crippen LogP contribution in [0, 0.1) is 5.41 Å². The van der Waals surface area contributed by atoms with Gasteiger partial charge in [-0.15, -0.1) is 11.3 Å². The lowest BCUT2D eigenvalue weighted by molar-refractivity contribution is -0.101. The average Bonchev–Trinajstić information content (AvgIpc) is 2.74. The Kier molecular flexibility index (Phi) is 3.67. The Morgan fingerprint density at radius 1 is 1.47 bits per heavy atom. The van der Waals surface area contributed by atoms with Crippen molar-refractivity contribution in [2.24, 2.45) is 5.41 Å². The molecular formula is C15H22ClNOS. The molecule has 2 aliphatic carbocycles. The number of aryl methyl sites for hydroxylation is 1. The Balaban J connectivity index is 1.72. The first kappa shape index (κ1) is 13.9. The van der Waals surface area contributed by atoms with Gasteiger partial charge in [-0.05, 0) is 37.3 Å². The first-order valence-electron chi connectivity index (χ1n) is 7.09. The number of nitrogens with one attached hydrogen (secondary N) is 1. The van der Waals surface area contributed by atoms with Gasteiger partial charge in [-0.1, -0.05) is 25.4 Å². The van der Waals surface area contributed by atoms with Crippen LogP contribution in [0.1, 0.15) is 49.6 Å². The van der Waals surface area contributed by atoms with E-state index in [2.05, 4.69) is 25.2 Å². The Morgan fingerprint density at radius 2 is 2.26 bits per heavy atom. The Morgan fingerprint density at radius 3 is 2.95 bits per heavy atom. The summed E-state index contributed by atoms with van der Waals surface area (Å²) in [5, 5.41) is 3.85. The highest BCUT2D eigenvalue weighted by atomic mass is 35.5. The van der Waals surface area contributed by atoms with Crippen LogP contribution in [0.25, 0.3) is 0 Å². The molecule has 1 saturated carbocycles. The monoisotopic (exact) mass is 299 g/mol. The van der Waals surface area contributed by atoms with Crippen LogP contribution in [0.15, 0.2) is 6.07 Å². The van der Waals surface area contributed by atoms with Gasteiger partial charge in [-0.3, -0.25) is 0 Å². The van der Waals surface area contributed by atoms with Gasteiger partial charge in [0.05, 0.1) is 10.4 Å². The molecule has 0 aliphatic heterocycles. The third-order valence-corrected chi connectivity index (χ3v) is 6.29. The Labute approximate surface area is 124 Å². The van der Waals surface area contributed by atoms with E-state index in [0.717, 1.165) is 10.8 Å². The van der Waals surface area contributed by atoms with Crippen molar-refractivity contribution < 1.29 is 4.74 Å². The van der Waals surface area contributed by atoms with Crippen LogP contribution >= 0.6 is 22.9 Å². The summed E-state index contributed by atoms with van der Waals surface area (Å²) in [6, 6.07) is 3.19. The van der Waals surface area contributed by atoms with E-state index in [1.165, 1.54) is 29.7 Å². The minimum Gasteiger partial charge on any atom is -0.381 e. The fourth-order valence-electron chi connectivity index (χ4n) is 3.51. The molecular weight excluding hydrogens is 278 g/mol. The van der Waals surface area contributed by atoms with Gasteiger partial charge in [-0.25, -0.2) is 0 Å². The molecule has 0 spiro atoms. The molecule has 0 amide bonds. The second kappa shape index (κ2) is 5.03. The number of halogens is 1. The summed E-state index contributed by atoms with van der Waals surface area (Å²) in [7, 11) is 1.82. The molecule has 106 valence electrons. The number of fused-ring (bicyclic) bond motifs is 1. The van der Waals surface area contributed by atoms with Gasteiger partial charge in [-0.2, -0.15) is 0 Å². The predicted molar refractivity (Wildman–Crippen MR) is 81.1 cm³/mol. The number of thiophene rings is 1. The van der Waals surface area contributed by atoms with Crippen LogP contribution in [-0.2, 0) is 11.2 Å². The molecule has 19 heavy (non-hydrogen) atoms. The number of methoxy groups -OCH3 is 1. The first-order chi connectivity index (χ1) is 9.02. The molecule has 1 fully saturated rings. The maximum atomic E-state index is 6.17. The second-order valence-electron chi connectivity index (χ2n) is 6.37. The minimum atomic E-state index is 0.228. The van der Waals surface area contributed by atoms with Crippen molar-refractivity contribution in [2.75, 3.05) is 7.11 Å². The zero-order chi connectivity index (χ0) is 13.6. The quantitative estimate of drug-likeness (QED) is 0.904. The molecule has 3 rings (SSSR count). The predicted octanol–water partition coefficient (Wildman–Crippen LogP) is 4.18. The Hall–Kier alpha value is -0.0900. The van der Waals surface area contributed by atoms with E-state index in [9.17, 15) is 0 Å². The van der Waals surface area contributed by atoms with E-state index in [0.29, 0.717) is 18.2 Å². The molecule has 1 N–H and O–H groups in total. The zero-order valence-corrected chi connectivity index (χ0v) is 13.4. The van der Waals surface area contributed by atoms with Crippen LogP contribution in [0.3, 0.4) is 0 Å². The smallest absolute Gasteiger partial charge is 0.0934 e. The third-order valence-electron chi connectivity index (χ3n) is 4.95. The summed E-state index contributed by atoms with van der Waals surface area (Å²) in [6.07, 6.45) is 5.19. The number of hydrogen-bond donors (Lipinski definition) is 1. The highest BCUT2D eigenvalue weighted by Gasteiger charge is 2.49. The molecule has 2 aliphatic rings. The van der Waals surface area contributed by atoms with Gasteiger partial charge >= 0.3 is 0 Å². The van der Waals surface area contributed by atoms with E-state index in [1.54, 1.807) is 11.3 Å². The fourth-order valence-corrected chi connectivity index (χ4v) is 4.89. The minimum absolute atomic E-state index is 0.228. The van der Waals surface area contributed by atoms with Crippen molar-refractivity contribution in [2.45, 2.75) is 57.7 Å². The van der Waals surface area contributed by atoms with Gasteiger partial charge in [0, 0.05) is 29.5 Å². The molecule has 1 aromatic rings. The molecule has 1 aromatic heterocycles. The van der Waals surface area contributed by atoms with Gasteiger partial charge in [0.25, 0.3) is 0 Å². The van der Waals surface area contributed by atoms with E-state index in [4.69, 9.17) is 16.3 Å². The van der Waals surface area contributed by atoms with Crippen LogP contribution < -0.4 is 5.32 Å². The largest absolute Gasteiger partial charge is 0.381 e. The molecule has 0 bridgehead atoms. The van der Waals surface area contributed by atoms with Crippen molar-refractivity contribution in [3.8, 4) is 0 Å². The summed E-state index contributed by atoms with van der Waals surface area (Å²) in [4.78, 5) is 1.48. The van der Waals surface area contributed by atoms with Crippen LogP contribution in [-0.4, -0.2) is 19.3 Å². The van der Waals surface area contributed by atoms with Crippen LogP contribution in [0.4, 0.5) is 0 Å². The number of hydrogen-bond acceptors (Lipinski definition) is 3. The molecule has 3 unspecified atom stereocenters. The third kappa shape index (κ3) is 2.35. The van der Waals surface area contributed by atoms with Crippen LogP contribution in [0.2, 0.25) is 4.34 Å². The van der Waals surface area contributed by atoms with Crippen molar-refractivity contribution in [1.29, 1.82) is 0 Å². The number of ether oxygens (including phenoxy) is 1. The van der Waals surface area contributed by atoms with Gasteiger partial charge < -0.3 is 10.1 Å². The Bertz CT molecular complexity index is 471. The van der Waals surface area contributed by atoms with Crippen molar-refractivity contribution in [3.63, 3.8) is 0 Å². The highest BCUT2D eigenvalue weighted by Crippen LogP contribution is 2.45. The zero-order valence-electron chi connectivity index (χ0n) is 11.8. The molecule has 4 heteroatoms. The van der Waals surface area contributed by atoms with E-state index < -0.39 is 0 Å². The van der Waals surface area contributed by atoms with Gasteiger partial charge in [0.15, 0.2) is 0 Å². The summed E-state index contributed by atoms with van der Waals surface area (Å²) < 4.78 is 6.47. The average molecular weight is 300 g/mol. The molecule has 3 atom stereocenters. The maximum Gasteiger partial charge on any atom is 0.0934 e. The fraction of sp³-hybridized carbons (Fsp3) is 0.733. The van der Waals surface area contributed by atoms with Crippen molar-refractivity contribution >= 4 is 22.9 Å². The first-order valence-corrected chi connectivity index (χ1v) is 8.28. The standard InChI is InChI=1S/C15H22ClNOS/c1-15(2)12(8-13(15)18-3)17-10-5-4-6-11-9(10)7-14(16)19-11/h7,10,12-13,17H,4-6,8H2,1-3H3. The summed E-state index contributed by atoms with van der Waals surface area (Å²) >= 11 is 7.93. The SMILES string of the molecule is COC1CC(NC2CCCc3sc(Cl)cc32)C1(C)C. The molecule has 0 saturated heterocycles. The molecule has 1 heterocycles. The van der Waals surface area contributed by atoms with E-state index in [1.807, 2.05) is 7.11 Å². The van der Waals surface area contributed by atoms with E-state index in [-0.39, 0.29) is 5.41 Å². The highest BCUT2D eigenvalue weighted by molar-refractivity contribution is 7.16. The molecule has 0 aromatic carbocycles. The van der Waals surface area contributed by atoms with E-state index >= 15 is 0 Å². The van der Waals surface area contributed by atoms with Crippen molar-refractivity contribution in [1.82, 2.24) is 5.32 Å². The lowest BCUT2D eigenvalue weighted by atomic mass is 9.64. The summed E-state index contributed by atoms with van der Waals surface area (Å²) in [5.41, 5.74) is 1.67.